The smallest absolute Gasteiger partial charge is 0.243 e. The molecule has 2 aromatic carbocycles. The van der Waals surface area contributed by atoms with E-state index >= 15 is 0 Å². The Morgan fingerprint density at radius 3 is 2.14 bits per heavy atom. The summed E-state index contributed by atoms with van der Waals surface area (Å²) in [5.41, 5.74) is 4.26. The first-order valence-corrected chi connectivity index (χ1v) is 11.7. The Balaban J connectivity index is 1.55. The van der Waals surface area contributed by atoms with Crippen LogP contribution in [-0.2, 0) is 27.7 Å². The number of rotatable bonds is 6. The van der Waals surface area contributed by atoms with E-state index in [-0.39, 0.29) is 5.91 Å². The summed E-state index contributed by atoms with van der Waals surface area (Å²) in [4.78, 5) is 14.7. The van der Waals surface area contributed by atoms with E-state index in [1.807, 2.05) is 26.0 Å². The zero-order valence-electron chi connectivity index (χ0n) is 17.5. The Kier molecular flexibility index (Phi) is 6.75. The number of nitrogens with zero attached hydrogens (tertiary/aromatic N) is 2. The van der Waals surface area contributed by atoms with Crippen molar-refractivity contribution in [1.82, 2.24) is 9.21 Å². The molecule has 0 unspecified atom stereocenters. The molecule has 2 aromatic rings. The zero-order valence-corrected chi connectivity index (χ0v) is 18.3. The van der Waals surface area contributed by atoms with Gasteiger partial charge in [0.2, 0.25) is 15.9 Å². The van der Waals surface area contributed by atoms with Crippen LogP contribution < -0.4 is 0 Å². The Labute approximate surface area is 174 Å². The lowest BCUT2D eigenvalue weighted by molar-refractivity contribution is -0.132. The summed E-state index contributed by atoms with van der Waals surface area (Å²) < 4.78 is 27.5. The highest BCUT2D eigenvalue weighted by molar-refractivity contribution is 7.89. The molecule has 156 valence electrons. The normalized spacial score (nSPS) is 15.5. The molecular weight excluding hydrogens is 384 g/mol. The summed E-state index contributed by atoms with van der Waals surface area (Å²) >= 11 is 0. The van der Waals surface area contributed by atoms with Crippen LogP contribution in [0.2, 0.25) is 0 Å². The first-order chi connectivity index (χ1) is 13.8. The Morgan fingerprint density at radius 2 is 1.55 bits per heavy atom. The van der Waals surface area contributed by atoms with E-state index in [1.54, 1.807) is 11.0 Å². The lowest BCUT2D eigenvalue weighted by Gasteiger charge is -2.34. The van der Waals surface area contributed by atoms with Gasteiger partial charge in [-0.25, -0.2) is 8.42 Å². The summed E-state index contributed by atoms with van der Waals surface area (Å²) in [6.07, 6.45) is 2.17. The lowest BCUT2D eigenvalue weighted by Crippen LogP contribution is -2.50. The monoisotopic (exact) mass is 414 g/mol. The summed E-state index contributed by atoms with van der Waals surface area (Å²) in [7, 11) is -3.53. The van der Waals surface area contributed by atoms with Gasteiger partial charge in [-0.1, -0.05) is 48.9 Å². The lowest BCUT2D eigenvalue weighted by atomic mass is 10.1. The molecule has 0 N–H and O–H groups in total. The van der Waals surface area contributed by atoms with Gasteiger partial charge in [0, 0.05) is 32.6 Å². The van der Waals surface area contributed by atoms with Gasteiger partial charge in [0.1, 0.15) is 0 Å². The molecule has 1 amide bonds. The Hall–Kier alpha value is -2.18. The van der Waals surface area contributed by atoms with Gasteiger partial charge < -0.3 is 4.90 Å². The molecule has 0 atom stereocenters. The molecule has 1 aliphatic rings. The molecule has 1 aliphatic heterocycles. The van der Waals surface area contributed by atoms with Crippen LogP contribution in [0.5, 0.6) is 0 Å². The van der Waals surface area contributed by atoms with Gasteiger partial charge in [0.05, 0.1) is 4.90 Å². The van der Waals surface area contributed by atoms with Gasteiger partial charge in [0.15, 0.2) is 0 Å². The van der Waals surface area contributed by atoms with Crippen LogP contribution in [0.3, 0.4) is 0 Å². The molecule has 0 saturated carbocycles. The summed E-state index contributed by atoms with van der Waals surface area (Å²) in [5.74, 6) is 0.0909. The number of piperazine rings is 1. The minimum absolute atomic E-state index is 0.0909. The van der Waals surface area contributed by atoms with E-state index in [0.717, 1.165) is 23.1 Å². The number of aryl methyl sites for hydroxylation is 4. The second-order valence-electron chi connectivity index (χ2n) is 7.72. The third-order valence-corrected chi connectivity index (χ3v) is 7.66. The van der Waals surface area contributed by atoms with Crippen molar-refractivity contribution in [2.75, 3.05) is 26.2 Å². The zero-order chi connectivity index (χ0) is 21.0. The third kappa shape index (κ3) is 5.06. The first kappa shape index (κ1) is 21.5. The molecule has 0 bridgehead atoms. The van der Waals surface area contributed by atoms with Gasteiger partial charge in [-0.3, -0.25) is 4.79 Å². The number of carbonyl (C=O) groups is 1. The SMILES string of the molecule is CCc1ccc(CCC(=O)N2CCN(S(=O)(=O)c3ccc(C)cc3C)CC2)cc1. The number of sulfonamides is 1. The van der Waals surface area contributed by atoms with E-state index in [1.165, 1.54) is 9.87 Å². The van der Waals surface area contributed by atoms with Crippen LogP contribution in [0.15, 0.2) is 47.4 Å². The highest BCUT2D eigenvalue weighted by Gasteiger charge is 2.30. The van der Waals surface area contributed by atoms with Crippen LogP contribution in [0.25, 0.3) is 0 Å². The quantitative estimate of drug-likeness (QED) is 0.729. The molecule has 3 rings (SSSR count). The minimum Gasteiger partial charge on any atom is -0.340 e. The van der Waals surface area contributed by atoms with Crippen molar-refractivity contribution in [3.05, 3.63) is 64.7 Å². The highest BCUT2D eigenvalue weighted by Crippen LogP contribution is 2.22. The predicted molar refractivity (Wildman–Crippen MR) is 115 cm³/mol. The van der Waals surface area contributed by atoms with Crippen LogP contribution in [-0.4, -0.2) is 49.7 Å². The molecule has 5 nitrogen and oxygen atoms in total. The van der Waals surface area contributed by atoms with E-state index in [9.17, 15) is 13.2 Å². The number of hydrogen-bond acceptors (Lipinski definition) is 3. The fourth-order valence-corrected chi connectivity index (χ4v) is 5.38. The molecule has 0 aromatic heterocycles. The van der Waals surface area contributed by atoms with Gasteiger partial charge in [-0.2, -0.15) is 4.31 Å². The van der Waals surface area contributed by atoms with Crippen molar-refractivity contribution < 1.29 is 13.2 Å². The Morgan fingerprint density at radius 1 is 0.931 bits per heavy atom. The Bertz CT molecular complexity index is 960. The van der Waals surface area contributed by atoms with E-state index in [0.29, 0.717) is 43.9 Å². The topological polar surface area (TPSA) is 57.7 Å². The van der Waals surface area contributed by atoms with Crippen LogP contribution in [0.1, 0.15) is 35.6 Å². The van der Waals surface area contributed by atoms with Crippen molar-refractivity contribution in [3.63, 3.8) is 0 Å². The maximum atomic E-state index is 13.0. The molecule has 1 saturated heterocycles. The molecule has 29 heavy (non-hydrogen) atoms. The largest absolute Gasteiger partial charge is 0.340 e. The van der Waals surface area contributed by atoms with E-state index in [2.05, 4.69) is 31.2 Å². The second kappa shape index (κ2) is 9.09. The maximum Gasteiger partial charge on any atom is 0.243 e. The summed E-state index contributed by atoms with van der Waals surface area (Å²) in [6.45, 7) is 7.46. The standard InChI is InChI=1S/C23H30N2O3S/c1-4-20-6-8-21(9-7-20)10-12-23(26)24-13-15-25(16-14-24)29(27,28)22-11-5-18(2)17-19(22)3/h5-9,11,17H,4,10,12-16H2,1-3H3. The molecule has 0 radical (unpaired) electrons. The van der Waals surface area contributed by atoms with E-state index < -0.39 is 10.0 Å². The fourth-order valence-electron chi connectivity index (χ4n) is 3.76. The van der Waals surface area contributed by atoms with E-state index in [4.69, 9.17) is 0 Å². The average molecular weight is 415 g/mol. The highest BCUT2D eigenvalue weighted by atomic mass is 32.2. The number of carbonyl (C=O) groups excluding carboxylic acids is 1. The van der Waals surface area contributed by atoms with Crippen LogP contribution in [0.4, 0.5) is 0 Å². The fraction of sp³-hybridized carbons (Fsp3) is 0.435. The second-order valence-corrected chi connectivity index (χ2v) is 9.63. The van der Waals surface area contributed by atoms with Crippen molar-refractivity contribution in [3.8, 4) is 0 Å². The average Bonchev–Trinajstić information content (AvgIpc) is 2.72. The van der Waals surface area contributed by atoms with Crippen LogP contribution in [0, 0.1) is 13.8 Å². The van der Waals surface area contributed by atoms with Crippen molar-refractivity contribution in [2.24, 2.45) is 0 Å². The van der Waals surface area contributed by atoms with Gasteiger partial charge in [-0.05, 0) is 49.4 Å². The third-order valence-electron chi connectivity index (χ3n) is 5.60. The molecule has 1 fully saturated rings. The van der Waals surface area contributed by atoms with Gasteiger partial charge >= 0.3 is 0 Å². The summed E-state index contributed by atoms with van der Waals surface area (Å²) in [6, 6.07) is 13.8. The number of benzene rings is 2. The van der Waals surface area contributed by atoms with Gasteiger partial charge in [-0.15, -0.1) is 0 Å². The molecule has 0 aliphatic carbocycles. The van der Waals surface area contributed by atoms with Crippen molar-refractivity contribution in [1.29, 1.82) is 0 Å². The van der Waals surface area contributed by atoms with Gasteiger partial charge in [0.25, 0.3) is 0 Å². The van der Waals surface area contributed by atoms with Crippen molar-refractivity contribution in [2.45, 2.75) is 44.9 Å². The van der Waals surface area contributed by atoms with Crippen molar-refractivity contribution >= 4 is 15.9 Å². The summed E-state index contributed by atoms with van der Waals surface area (Å²) in [5, 5.41) is 0. The predicted octanol–water partition coefficient (Wildman–Crippen LogP) is 3.33. The molecule has 0 spiro atoms. The number of amides is 1. The molecule has 6 heteroatoms. The van der Waals surface area contributed by atoms with Crippen LogP contribution >= 0.6 is 0 Å². The molecule has 1 heterocycles. The molecular formula is C23H30N2O3S. The first-order valence-electron chi connectivity index (χ1n) is 10.2. The minimum atomic E-state index is -3.53. The number of hydrogen-bond donors (Lipinski definition) is 0. The maximum absolute atomic E-state index is 13.0.